The summed E-state index contributed by atoms with van der Waals surface area (Å²) in [6, 6.07) is 1.85. The Balaban J connectivity index is 1.65. The highest BCUT2D eigenvalue weighted by molar-refractivity contribution is 7.18. The molecule has 20 heavy (non-hydrogen) atoms. The summed E-state index contributed by atoms with van der Waals surface area (Å²) in [6.45, 7) is 4.02. The number of aryl methyl sites for hydroxylation is 1. The molecule has 1 heterocycles. The third kappa shape index (κ3) is 2.35. The van der Waals surface area contributed by atoms with Crippen molar-refractivity contribution >= 4 is 28.2 Å². The molecule has 2 aliphatic carbocycles. The minimum absolute atomic E-state index is 0.122. The third-order valence-corrected chi connectivity index (χ3v) is 5.47. The highest BCUT2D eigenvalue weighted by atomic mass is 32.1. The van der Waals surface area contributed by atoms with Crippen molar-refractivity contribution in [3.63, 3.8) is 0 Å². The number of thiophene rings is 1. The van der Waals surface area contributed by atoms with Crippen LogP contribution in [0.2, 0.25) is 0 Å². The van der Waals surface area contributed by atoms with E-state index in [1.165, 1.54) is 30.6 Å². The van der Waals surface area contributed by atoms with Crippen LogP contribution in [0.1, 0.15) is 41.4 Å². The number of anilines is 1. The van der Waals surface area contributed by atoms with Crippen LogP contribution in [0.4, 0.5) is 5.00 Å². The van der Waals surface area contributed by atoms with Gasteiger partial charge in [0.2, 0.25) is 5.91 Å². The van der Waals surface area contributed by atoms with Gasteiger partial charge in [-0.2, -0.15) is 0 Å². The lowest BCUT2D eigenvalue weighted by Gasteiger charge is -2.03. The van der Waals surface area contributed by atoms with E-state index in [0.29, 0.717) is 23.3 Å². The Kier molecular flexibility index (Phi) is 3.54. The van der Waals surface area contributed by atoms with Gasteiger partial charge in [-0.15, -0.1) is 11.3 Å². The fourth-order valence-electron chi connectivity index (χ4n) is 3.36. The number of ether oxygens (including phenoxy) is 1. The standard InChI is InChI=1S/C15H19NO3S/c1-3-19-15(18)13-8(2)7-11(20-13)16-14(17)12-9-5-4-6-10(9)12/h7,9-10,12H,3-6H2,1-2H3,(H,16,17). The third-order valence-electron chi connectivity index (χ3n) is 4.33. The van der Waals surface area contributed by atoms with Crippen molar-refractivity contribution in [2.24, 2.45) is 17.8 Å². The number of hydrogen-bond donors (Lipinski definition) is 1. The van der Waals surface area contributed by atoms with E-state index in [1.54, 1.807) is 6.92 Å². The van der Waals surface area contributed by atoms with Gasteiger partial charge in [-0.3, -0.25) is 4.79 Å². The minimum Gasteiger partial charge on any atom is -0.462 e. The average Bonchev–Trinajstić information content (AvgIpc) is 2.72. The molecule has 4 nitrogen and oxygen atoms in total. The smallest absolute Gasteiger partial charge is 0.348 e. The van der Waals surface area contributed by atoms with Crippen molar-refractivity contribution in [1.82, 2.24) is 0 Å². The van der Waals surface area contributed by atoms with Crippen LogP contribution in [-0.4, -0.2) is 18.5 Å². The van der Waals surface area contributed by atoms with Crippen LogP contribution in [0.15, 0.2) is 6.07 Å². The number of nitrogens with one attached hydrogen (secondary N) is 1. The molecule has 108 valence electrons. The predicted octanol–water partition coefficient (Wildman–Crippen LogP) is 3.22. The largest absolute Gasteiger partial charge is 0.462 e. The number of carbonyl (C=O) groups is 2. The zero-order valence-corrected chi connectivity index (χ0v) is 12.6. The molecule has 2 fully saturated rings. The first-order valence-corrected chi connectivity index (χ1v) is 8.02. The quantitative estimate of drug-likeness (QED) is 0.867. The van der Waals surface area contributed by atoms with Gasteiger partial charge in [0, 0.05) is 5.92 Å². The molecule has 1 aromatic heterocycles. The summed E-state index contributed by atoms with van der Waals surface area (Å²) in [6.07, 6.45) is 3.66. The first kappa shape index (κ1) is 13.6. The number of carbonyl (C=O) groups excluding carboxylic acids is 2. The van der Waals surface area contributed by atoms with E-state index >= 15 is 0 Å². The van der Waals surface area contributed by atoms with Crippen molar-refractivity contribution in [2.75, 3.05) is 11.9 Å². The maximum atomic E-state index is 12.2. The number of fused-ring (bicyclic) bond motifs is 1. The van der Waals surface area contributed by atoms with Gasteiger partial charge in [0.15, 0.2) is 0 Å². The molecule has 2 aliphatic rings. The Morgan fingerprint density at radius 1 is 1.40 bits per heavy atom. The molecule has 0 aliphatic heterocycles. The summed E-state index contributed by atoms with van der Waals surface area (Å²) in [4.78, 5) is 24.5. The monoisotopic (exact) mass is 293 g/mol. The fraction of sp³-hybridized carbons (Fsp3) is 0.600. The predicted molar refractivity (Wildman–Crippen MR) is 78.0 cm³/mol. The second kappa shape index (κ2) is 5.20. The van der Waals surface area contributed by atoms with Gasteiger partial charge in [0.05, 0.1) is 11.6 Å². The van der Waals surface area contributed by atoms with Crippen molar-refractivity contribution in [3.05, 3.63) is 16.5 Å². The van der Waals surface area contributed by atoms with E-state index in [0.717, 1.165) is 10.6 Å². The van der Waals surface area contributed by atoms with Gasteiger partial charge < -0.3 is 10.1 Å². The minimum atomic E-state index is -0.307. The molecule has 0 bridgehead atoms. The molecule has 1 N–H and O–H groups in total. The molecule has 1 aromatic rings. The van der Waals surface area contributed by atoms with Gasteiger partial charge in [-0.1, -0.05) is 6.42 Å². The highest BCUT2D eigenvalue weighted by Crippen LogP contribution is 2.57. The lowest BCUT2D eigenvalue weighted by atomic mass is 10.1. The Morgan fingerprint density at radius 2 is 2.10 bits per heavy atom. The summed E-state index contributed by atoms with van der Waals surface area (Å²) in [5.74, 6) is 1.24. The SMILES string of the molecule is CCOC(=O)c1sc(NC(=O)C2C3CCCC32)cc1C. The molecule has 0 saturated heterocycles. The van der Waals surface area contributed by atoms with Crippen molar-refractivity contribution < 1.29 is 14.3 Å². The summed E-state index contributed by atoms with van der Waals surface area (Å²) in [5.41, 5.74) is 0.861. The molecule has 2 atom stereocenters. The van der Waals surface area contributed by atoms with E-state index in [-0.39, 0.29) is 17.8 Å². The summed E-state index contributed by atoms with van der Waals surface area (Å²) >= 11 is 1.30. The highest BCUT2D eigenvalue weighted by Gasteiger charge is 2.56. The number of amides is 1. The van der Waals surface area contributed by atoms with E-state index in [1.807, 2.05) is 13.0 Å². The number of hydrogen-bond acceptors (Lipinski definition) is 4. The van der Waals surface area contributed by atoms with E-state index in [9.17, 15) is 9.59 Å². The first-order chi connectivity index (χ1) is 9.61. The van der Waals surface area contributed by atoms with Crippen LogP contribution in [0.25, 0.3) is 0 Å². The van der Waals surface area contributed by atoms with E-state index in [4.69, 9.17) is 4.74 Å². The maximum Gasteiger partial charge on any atom is 0.348 e. The Hall–Kier alpha value is -1.36. The summed E-state index contributed by atoms with van der Waals surface area (Å²) < 4.78 is 5.01. The molecule has 0 aromatic carbocycles. The molecule has 5 heteroatoms. The Labute approximate surface area is 122 Å². The van der Waals surface area contributed by atoms with Crippen LogP contribution < -0.4 is 5.32 Å². The fourth-order valence-corrected chi connectivity index (χ4v) is 4.33. The van der Waals surface area contributed by atoms with Crippen molar-refractivity contribution in [2.45, 2.75) is 33.1 Å². The van der Waals surface area contributed by atoms with Crippen LogP contribution in [0, 0.1) is 24.7 Å². The molecular weight excluding hydrogens is 274 g/mol. The van der Waals surface area contributed by atoms with E-state index in [2.05, 4.69) is 5.32 Å². The molecule has 1 amide bonds. The topological polar surface area (TPSA) is 55.4 Å². The van der Waals surface area contributed by atoms with Crippen molar-refractivity contribution in [3.8, 4) is 0 Å². The lowest BCUT2D eigenvalue weighted by Crippen LogP contribution is -2.15. The zero-order valence-electron chi connectivity index (χ0n) is 11.8. The molecule has 3 rings (SSSR count). The van der Waals surface area contributed by atoms with Crippen molar-refractivity contribution in [1.29, 1.82) is 0 Å². The molecular formula is C15H19NO3S. The van der Waals surface area contributed by atoms with Gasteiger partial charge >= 0.3 is 5.97 Å². The van der Waals surface area contributed by atoms with Gasteiger partial charge in [0.25, 0.3) is 0 Å². The zero-order chi connectivity index (χ0) is 14.3. The summed E-state index contributed by atoms with van der Waals surface area (Å²) in [5, 5.41) is 3.71. The summed E-state index contributed by atoms with van der Waals surface area (Å²) in [7, 11) is 0. The lowest BCUT2D eigenvalue weighted by molar-refractivity contribution is -0.118. The average molecular weight is 293 g/mol. The molecule has 0 spiro atoms. The Morgan fingerprint density at radius 3 is 2.75 bits per heavy atom. The second-order valence-electron chi connectivity index (χ2n) is 5.62. The van der Waals surface area contributed by atoms with Crippen LogP contribution in [0.5, 0.6) is 0 Å². The Bertz CT molecular complexity index is 541. The van der Waals surface area contributed by atoms with Gasteiger partial charge in [0.1, 0.15) is 4.88 Å². The normalized spacial score (nSPS) is 27.0. The molecule has 2 saturated carbocycles. The van der Waals surface area contributed by atoms with Gasteiger partial charge in [-0.05, 0) is 50.2 Å². The molecule has 0 radical (unpaired) electrons. The van der Waals surface area contributed by atoms with E-state index < -0.39 is 0 Å². The van der Waals surface area contributed by atoms with Crippen LogP contribution >= 0.6 is 11.3 Å². The number of esters is 1. The van der Waals surface area contributed by atoms with Gasteiger partial charge in [-0.25, -0.2) is 4.79 Å². The second-order valence-corrected chi connectivity index (χ2v) is 6.67. The number of rotatable bonds is 4. The van der Waals surface area contributed by atoms with Crippen LogP contribution in [-0.2, 0) is 9.53 Å². The molecule has 2 unspecified atom stereocenters. The maximum absolute atomic E-state index is 12.2. The first-order valence-electron chi connectivity index (χ1n) is 7.20. The van der Waals surface area contributed by atoms with Crippen LogP contribution in [0.3, 0.4) is 0 Å².